The van der Waals surface area contributed by atoms with Gasteiger partial charge in [0, 0.05) is 6.42 Å². The van der Waals surface area contributed by atoms with Crippen LogP contribution in [0.25, 0.3) is 0 Å². The number of benzene rings is 2. The van der Waals surface area contributed by atoms with E-state index in [-0.39, 0.29) is 12.3 Å². The molecule has 24 heavy (non-hydrogen) atoms. The van der Waals surface area contributed by atoms with Crippen molar-refractivity contribution in [2.24, 2.45) is 0 Å². The standard InChI is InChI=1S/C18H16N2O4/c1-24-13-9-6-12(7-10-13)8-11-16(21)19-20-17(22)14-4-2-3-5-15(14)18(20)23/h2-7,9-10H,8,11H2,1H3,(H,19,21). The molecular formula is C18H16N2O4. The van der Waals surface area contributed by atoms with Crippen LogP contribution in [0.3, 0.4) is 0 Å². The fourth-order valence-corrected chi connectivity index (χ4v) is 2.52. The van der Waals surface area contributed by atoms with E-state index in [4.69, 9.17) is 4.74 Å². The maximum absolute atomic E-state index is 12.2. The third kappa shape index (κ3) is 2.99. The summed E-state index contributed by atoms with van der Waals surface area (Å²) in [5.74, 6) is -0.656. The predicted molar refractivity (Wildman–Crippen MR) is 86.4 cm³/mol. The molecule has 122 valence electrons. The molecule has 0 atom stereocenters. The van der Waals surface area contributed by atoms with Gasteiger partial charge in [0.2, 0.25) is 5.91 Å². The van der Waals surface area contributed by atoms with Gasteiger partial charge in [-0.2, -0.15) is 5.01 Å². The van der Waals surface area contributed by atoms with Crippen LogP contribution in [-0.4, -0.2) is 29.8 Å². The first-order chi connectivity index (χ1) is 11.6. The van der Waals surface area contributed by atoms with Crippen LogP contribution >= 0.6 is 0 Å². The molecule has 0 aromatic heterocycles. The fraction of sp³-hybridized carbons (Fsp3) is 0.167. The summed E-state index contributed by atoms with van der Waals surface area (Å²) in [6, 6.07) is 13.9. The molecular weight excluding hydrogens is 308 g/mol. The molecule has 2 aromatic carbocycles. The van der Waals surface area contributed by atoms with Crippen LogP contribution in [-0.2, 0) is 11.2 Å². The molecule has 1 aliphatic rings. The van der Waals surface area contributed by atoms with Crippen LogP contribution in [0.1, 0.15) is 32.7 Å². The average molecular weight is 324 g/mol. The molecule has 3 rings (SSSR count). The molecule has 0 radical (unpaired) electrons. The van der Waals surface area contributed by atoms with Crippen molar-refractivity contribution in [1.29, 1.82) is 0 Å². The second-order valence-electron chi connectivity index (χ2n) is 5.37. The lowest BCUT2D eigenvalue weighted by Gasteiger charge is -2.15. The molecule has 1 N–H and O–H groups in total. The number of aryl methyl sites for hydroxylation is 1. The van der Waals surface area contributed by atoms with Crippen molar-refractivity contribution in [2.45, 2.75) is 12.8 Å². The van der Waals surface area contributed by atoms with E-state index in [0.29, 0.717) is 17.5 Å². The van der Waals surface area contributed by atoms with Gasteiger partial charge in [0.05, 0.1) is 18.2 Å². The van der Waals surface area contributed by atoms with E-state index in [9.17, 15) is 14.4 Å². The number of nitrogens with zero attached hydrogens (tertiary/aromatic N) is 1. The van der Waals surface area contributed by atoms with Gasteiger partial charge in [-0.05, 0) is 36.2 Å². The molecule has 1 aliphatic heterocycles. The van der Waals surface area contributed by atoms with Crippen LogP contribution in [0.2, 0.25) is 0 Å². The lowest BCUT2D eigenvalue weighted by molar-refractivity contribution is -0.124. The largest absolute Gasteiger partial charge is 0.497 e. The normalized spacial score (nSPS) is 13.0. The summed E-state index contributed by atoms with van der Waals surface area (Å²) in [6.07, 6.45) is 0.665. The highest BCUT2D eigenvalue weighted by molar-refractivity contribution is 6.21. The highest BCUT2D eigenvalue weighted by Crippen LogP contribution is 2.20. The minimum absolute atomic E-state index is 0.166. The molecule has 0 saturated heterocycles. The first-order valence-corrected chi connectivity index (χ1v) is 7.50. The second-order valence-corrected chi connectivity index (χ2v) is 5.37. The van der Waals surface area contributed by atoms with Gasteiger partial charge in [0.1, 0.15) is 5.75 Å². The van der Waals surface area contributed by atoms with Crippen molar-refractivity contribution in [1.82, 2.24) is 10.4 Å². The molecule has 0 aliphatic carbocycles. The summed E-state index contributed by atoms with van der Waals surface area (Å²) in [5, 5.41) is 0.779. The van der Waals surface area contributed by atoms with Crippen molar-refractivity contribution >= 4 is 17.7 Å². The highest BCUT2D eigenvalue weighted by Gasteiger charge is 2.36. The first kappa shape index (κ1) is 15.7. The van der Waals surface area contributed by atoms with Gasteiger partial charge in [-0.1, -0.05) is 24.3 Å². The SMILES string of the molecule is COc1ccc(CCC(=O)NN2C(=O)c3ccccc3C2=O)cc1. The number of rotatable bonds is 5. The Balaban J connectivity index is 1.59. The van der Waals surface area contributed by atoms with Crippen LogP contribution < -0.4 is 10.2 Å². The Hall–Kier alpha value is -3.15. The zero-order valence-corrected chi connectivity index (χ0v) is 13.1. The number of imide groups is 1. The number of methoxy groups -OCH3 is 1. The van der Waals surface area contributed by atoms with Gasteiger partial charge in [0.15, 0.2) is 0 Å². The Bertz CT molecular complexity index is 764. The molecule has 0 fully saturated rings. The van der Waals surface area contributed by atoms with Gasteiger partial charge in [-0.3, -0.25) is 19.8 Å². The predicted octanol–water partition coefficient (Wildman–Crippen LogP) is 1.96. The summed E-state index contributed by atoms with van der Waals surface area (Å²) in [6.45, 7) is 0. The zero-order chi connectivity index (χ0) is 17.1. The quantitative estimate of drug-likeness (QED) is 0.853. The van der Waals surface area contributed by atoms with Gasteiger partial charge >= 0.3 is 0 Å². The Labute approximate surface area is 139 Å². The number of hydrogen-bond donors (Lipinski definition) is 1. The Morgan fingerprint density at radius 2 is 1.58 bits per heavy atom. The summed E-state index contributed by atoms with van der Waals surface area (Å²) in [5.41, 5.74) is 3.96. The van der Waals surface area contributed by atoms with Crippen molar-refractivity contribution in [3.05, 3.63) is 65.2 Å². The minimum Gasteiger partial charge on any atom is -0.497 e. The van der Waals surface area contributed by atoms with E-state index in [1.165, 1.54) is 0 Å². The molecule has 0 spiro atoms. The van der Waals surface area contributed by atoms with Gasteiger partial charge in [-0.25, -0.2) is 0 Å². The summed E-state index contributed by atoms with van der Waals surface area (Å²) < 4.78 is 5.08. The molecule has 0 bridgehead atoms. The molecule has 0 saturated carbocycles. The molecule has 0 unspecified atom stereocenters. The van der Waals surface area contributed by atoms with E-state index >= 15 is 0 Å². The van der Waals surface area contributed by atoms with Crippen LogP contribution in [0.4, 0.5) is 0 Å². The monoisotopic (exact) mass is 324 g/mol. The highest BCUT2D eigenvalue weighted by atomic mass is 16.5. The lowest BCUT2D eigenvalue weighted by atomic mass is 10.1. The fourth-order valence-electron chi connectivity index (χ4n) is 2.52. The number of amides is 3. The van der Waals surface area contributed by atoms with Crippen LogP contribution in [0, 0.1) is 0 Å². The summed E-state index contributed by atoms with van der Waals surface area (Å²) >= 11 is 0. The Morgan fingerprint density at radius 3 is 2.12 bits per heavy atom. The summed E-state index contributed by atoms with van der Waals surface area (Å²) in [4.78, 5) is 36.4. The van der Waals surface area contributed by atoms with E-state index in [2.05, 4.69) is 5.43 Å². The lowest BCUT2D eigenvalue weighted by Crippen LogP contribution is -2.45. The maximum Gasteiger partial charge on any atom is 0.280 e. The Morgan fingerprint density at radius 1 is 1.00 bits per heavy atom. The van der Waals surface area contributed by atoms with Gasteiger partial charge in [0.25, 0.3) is 11.8 Å². The number of carbonyl (C=O) groups is 3. The van der Waals surface area contributed by atoms with E-state index < -0.39 is 11.8 Å². The number of hydrazine groups is 1. The number of hydrogen-bond acceptors (Lipinski definition) is 4. The molecule has 6 heteroatoms. The molecule has 3 amide bonds. The number of nitrogens with one attached hydrogen (secondary N) is 1. The van der Waals surface area contributed by atoms with E-state index in [1.54, 1.807) is 31.4 Å². The van der Waals surface area contributed by atoms with Crippen LogP contribution in [0.15, 0.2) is 48.5 Å². The second kappa shape index (κ2) is 6.54. The maximum atomic E-state index is 12.2. The van der Waals surface area contributed by atoms with Crippen molar-refractivity contribution in [2.75, 3.05) is 7.11 Å². The number of ether oxygens (including phenoxy) is 1. The van der Waals surface area contributed by atoms with Crippen molar-refractivity contribution in [3.8, 4) is 5.75 Å². The minimum atomic E-state index is -0.506. The van der Waals surface area contributed by atoms with E-state index in [1.807, 2.05) is 24.3 Å². The topological polar surface area (TPSA) is 75.7 Å². The molecule has 6 nitrogen and oxygen atoms in total. The third-order valence-corrected chi connectivity index (χ3v) is 3.83. The molecule has 1 heterocycles. The third-order valence-electron chi connectivity index (χ3n) is 3.83. The van der Waals surface area contributed by atoms with Crippen LogP contribution in [0.5, 0.6) is 5.75 Å². The van der Waals surface area contributed by atoms with E-state index in [0.717, 1.165) is 16.3 Å². The number of fused-ring (bicyclic) bond motifs is 1. The Kier molecular flexibility index (Phi) is 4.29. The van der Waals surface area contributed by atoms with Gasteiger partial charge < -0.3 is 4.74 Å². The smallest absolute Gasteiger partial charge is 0.280 e. The average Bonchev–Trinajstić information content (AvgIpc) is 2.86. The first-order valence-electron chi connectivity index (χ1n) is 7.50. The van der Waals surface area contributed by atoms with Crippen molar-refractivity contribution < 1.29 is 19.1 Å². The van der Waals surface area contributed by atoms with Gasteiger partial charge in [-0.15, -0.1) is 0 Å². The summed E-state index contributed by atoms with van der Waals surface area (Å²) in [7, 11) is 1.59. The van der Waals surface area contributed by atoms with Crippen molar-refractivity contribution in [3.63, 3.8) is 0 Å². The molecule has 2 aromatic rings. The zero-order valence-electron chi connectivity index (χ0n) is 13.1. The number of carbonyl (C=O) groups excluding carboxylic acids is 3.